The van der Waals surface area contributed by atoms with E-state index in [1.165, 1.54) is 6.92 Å². The van der Waals surface area contributed by atoms with E-state index in [0.29, 0.717) is 25.9 Å². The van der Waals surface area contributed by atoms with Crippen molar-refractivity contribution in [2.45, 2.75) is 39.0 Å². The monoisotopic (exact) mass is 224 g/mol. The van der Waals surface area contributed by atoms with Gasteiger partial charge < -0.3 is 10.6 Å². The second-order valence-corrected chi connectivity index (χ2v) is 3.60. The zero-order valence-corrected chi connectivity index (χ0v) is 9.84. The van der Waals surface area contributed by atoms with Crippen LogP contribution in [0.3, 0.4) is 0 Å². The highest BCUT2D eigenvalue weighted by Crippen LogP contribution is 1.93. The van der Waals surface area contributed by atoms with Gasteiger partial charge in [-0.2, -0.15) is 0 Å². The van der Waals surface area contributed by atoms with Crippen molar-refractivity contribution < 1.29 is 9.59 Å². The molecule has 4 nitrogen and oxygen atoms in total. The average molecular weight is 224 g/mol. The lowest BCUT2D eigenvalue weighted by molar-refractivity contribution is -0.121. The maximum atomic E-state index is 11.1. The van der Waals surface area contributed by atoms with Crippen molar-refractivity contribution in [2.24, 2.45) is 0 Å². The molecule has 0 unspecified atom stereocenters. The number of terminal acetylenes is 1. The minimum absolute atomic E-state index is 0.00240. The summed E-state index contributed by atoms with van der Waals surface area (Å²) in [6.07, 6.45) is 8.82. The standard InChI is InChI=1S/C12H20N2O2/c1-3-4-8-12(16)14-10-7-5-6-9-13-11(2)15/h1H,4-10H2,2H3,(H,13,15)(H,14,16). The van der Waals surface area contributed by atoms with E-state index in [2.05, 4.69) is 16.6 Å². The summed E-state index contributed by atoms with van der Waals surface area (Å²) < 4.78 is 0. The highest BCUT2D eigenvalue weighted by molar-refractivity contribution is 5.76. The van der Waals surface area contributed by atoms with Gasteiger partial charge in [0.2, 0.25) is 11.8 Å². The van der Waals surface area contributed by atoms with Crippen LogP contribution in [0.25, 0.3) is 0 Å². The van der Waals surface area contributed by atoms with E-state index in [4.69, 9.17) is 6.42 Å². The van der Waals surface area contributed by atoms with Gasteiger partial charge in [0.15, 0.2) is 0 Å². The average Bonchev–Trinajstić information content (AvgIpc) is 2.24. The van der Waals surface area contributed by atoms with Gasteiger partial charge in [0.1, 0.15) is 0 Å². The van der Waals surface area contributed by atoms with Gasteiger partial charge >= 0.3 is 0 Å². The van der Waals surface area contributed by atoms with Crippen LogP contribution in [0.15, 0.2) is 0 Å². The molecule has 0 bridgehead atoms. The fourth-order valence-corrected chi connectivity index (χ4v) is 1.19. The van der Waals surface area contributed by atoms with E-state index in [1.807, 2.05) is 0 Å². The first-order valence-electron chi connectivity index (χ1n) is 5.61. The molecule has 0 aliphatic carbocycles. The Morgan fingerprint density at radius 1 is 1.12 bits per heavy atom. The van der Waals surface area contributed by atoms with Gasteiger partial charge in [0.25, 0.3) is 0 Å². The number of hydrogen-bond donors (Lipinski definition) is 2. The first-order chi connectivity index (χ1) is 7.66. The molecule has 0 heterocycles. The van der Waals surface area contributed by atoms with Crippen LogP contribution in [-0.2, 0) is 9.59 Å². The molecule has 0 spiro atoms. The quantitative estimate of drug-likeness (QED) is 0.474. The number of nitrogens with one attached hydrogen (secondary N) is 2. The third kappa shape index (κ3) is 10.6. The van der Waals surface area contributed by atoms with Crippen LogP contribution in [0, 0.1) is 12.3 Å². The number of carbonyl (C=O) groups excluding carboxylic acids is 2. The Morgan fingerprint density at radius 2 is 1.75 bits per heavy atom. The molecule has 0 rings (SSSR count). The van der Waals surface area contributed by atoms with Crippen molar-refractivity contribution in [2.75, 3.05) is 13.1 Å². The predicted octanol–water partition coefficient (Wildman–Crippen LogP) is 0.822. The largest absolute Gasteiger partial charge is 0.356 e. The molecule has 0 saturated heterocycles. The Morgan fingerprint density at radius 3 is 2.31 bits per heavy atom. The van der Waals surface area contributed by atoms with Gasteiger partial charge in [-0.1, -0.05) is 0 Å². The van der Waals surface area contributed by atoms with Crippen molar-refractivity contribution in [1.82, 2.24) is 10.6 Å². The molecular formula is C12H20N2O2. The Hall–Kier alpha value is -1.50. The van der Waals surface area contributed by atoms with Crippen LogP contribution in [0.5, 0.6) is 0 Å². The topological polar surface area (TPSA) is 58.2 Å². The molecule has 0 aromatic carbocycles. The van der Waals surface area contributed by atoms with Gasteiger partial charge in [-0.25, -0.2) is 0 Å². The van der Waals surface area contributed by atoms with Gasteiger partial charge in [0, 0.05) is 32.9 Å². The second kappa shape index (κ2) is 10.0. The van der Waals surface area contributed by atoms with Gasteiger partial charge in [0.05, 0.1) is 0 Å². The van der Waals surface area contributed by atoms with Crippen LogP contribution in [0.2, 0.25) is 0 Å². The molecule has 2 amide bonds. The fraction of sp³-hybridized carbons (Fsp3) is 0.667. The van der Waals surface area contributed by atoms with Crippen LogP contribution >= 0.6 is 0 Å². The Balaban J connectivity index is 3.18. The summed E-state index contributed by atoms with van der Waals surface area (Å²) in [5.74, 6) is 2.44. The van der Waals surface area contributed by atoms with Crippen LogP contribution < -0.4 is 10.6 Å². The number of hydrogen-bond acceptors (Lipinski definition) is 2. The third-order valence-corrected chi connectivity index (χ3v) is 2.05. The minimum atomic E-state index is 0.00240. The van der Waals surface area contributed by atoms with E-state index in [0.717, 1.165) is 19.3 Å². The zero-order valence-electron chi connectivity index (χ0n) is 9.84. The van der Waals surface area contributed by atoms with Crippen molar-refractivity contribution in [1.29, 1.82) is 0 Å². The zero-order chi connectivity index (χ0) is 12.2. The summed E-state index contributed by atoms with van der Waals surface area (Å²) in [5.41, 5.74) is 0. The Labute approximate surface area is 97.2 Å². The highest BCUT2D eigenvalue weighted by atomic mass is 16.2. The minimum Gasteiger partial charge on any atom is -0.356 e. The van der Waals surface area contributed by atoms with E-state index in [1.54, 1.807) is 0 Å². The van der Waals surface area contributed by atoms with E-state index in [-0.39, 0.29) is 11.8 Å². The van der Waals surface area contributed by atoms with Gasteiger partial charge in [-0.15, -0.1) is 12.3 Å². The first-order valence-corrected chi connectivity index (χ1v) is 5.61. The molecule has 0 saturated carbocycles. The van der Waals surface area contributed by atoms with Crippen LogP contribution in [-0.4, -0.2) is 24.9 Å². The summed E-state index contributed by atoms with van der Waals surface area (Å²) in [4.78, 5) is 21.7. The molecular weight excluding hydrogens is 204 g/mol. The summed E-state index contributed by atoms with van der Waals surface area (Å²) in [7, 11) is 0. The fourth-order valence-electron chi connectivity index (χ4n) is 1.19. The van der Waals surface area contributed by atoms with E-state index < -0.39 is 0 Å². The highest BCUT2D eigenvalue weighted by Gasteiger charge is 1.98. The van der Waals surface area contributed by atoms with Crippen molar-refractivity contribution in [3.8, 4) is 12.3 Å². The summed E-state index contributed by atoms with van der Waals surface area (Å²) in [6, 6.07) is 0. The number of rotatable bonds is 8. The number of amides is 2. The molecule has 0 atom stereocenters. The Bertz CT molecular complexity index is 256. The SMILES string of the molecule is C#CCCC(=O)NCCCCCNC(C)=O. The van der Waals surface area contributed by atoms with Gasteiger partial charge in [-0.05, 0) is 19.3 Å². The molecule has 0 aliphatic heterocycles. The lowest BCUT2D eigenvalue weighted by atomic mass is 10.2. The third-order valence-electron chi connectivity index (χ3n) is 2.05. The summed E-state index contributed by atoms with van der Waals surface area (Å²) in [5, 5.41) is 5.52. The lowest BCUT2D eigenvalue weighted by Gasteiger charge is -2.04. The van der Waals surface area contributed by atoms with Crippen LogP contribution in [0.4, 0.5) is 0 Å². The molecule has 90 valence electrons. The van der Waals surface area contributed by atoms with Gasteiger partial charge in [-0.3, -0.25) is 9.59 Å². The molecule has 16 heavy (non-hydrogen) atoms. The van der Waals surface area contributed by atoms with E-state index >= 15 is 0 Å². The summed E-state index contributed by atoms with van der Waals surface area (Å²) >= 11 is 0. The molecule has 0 radical (unpaired) electrons. The first kappa shape index (κ1) is 14.5. The smallest absolute Gasteiger partial charge is 0.220 e. The molecule has 4 heteroatoms. The molecule has 0 aliphatic rings. The Kier molecular flexibility index (Phi) is 9.09. The maximum Gasteiger partial charge on any atom is 0.220 e. The second-order valence-electron chi connectivity index (χ2n) is 3.60. The van der Waals surface area contributed by atoms with E-state index in [9.17, 15) is 9.59 Å². The van der Waals surface area contributed by atoms with Crippen LogP contribution in [0.1, 0.15) is 39.0 Å². The van der Waals surface area contributed by atoms with Crippen molar-refractivity contribution in [3.05, 3.63) is 0 Å². The lowest BCUT2D eigenvalue weighted by Crippen LogP contribution is -2.24. The maximum absolute atomic E-state index is 11.1. The van der Waals surface area contributed by atoms with Crippen molar-refractivity contribution >= 4 is 11.8 Å². The molecule has 0 fully saturated rings. The normalized spacial score (nSPS) is 9.25. The number of carbonyl (C=O) groups is 2. The van der Waals surface area contributed by atoms with Crippen molar-refractivity contribution in [3.63, 3.8) is 0 Å². The molecule has 0 aromatic heterocycles. The molecule has 2 N–H and O–H groups in total. The predicted molar refractivity (Wildman–Crippen MR) is 63.6 cm³/mol. The summed E-state index contributed by atoms with van der Waals surface area (Å²) in [6.45, 7) is 2.90. The number of unbranched alkanes of at least 4 members (excludes halogenated alkanes) is 2. The molecule has 0 aromatic rings.